The van der Waals surface area contributed by atoms with Crippen molar-refractivity contribution in [1.29, 1.82) is 0 Å². The van der Waals surface area contributed by atoms with Crippen LogP contribution < -0.4 is 10.1 Å². The Bertz CT molecular complexity index is 954. The topological polar surface area (TPSA) is 29.4 Å². The summed E-state index contributed by atoms with van der Waals surface area (Å²) < 4.78 is 20.9. The van der Waals surface area contributed by atoms with Gasteiger partial charge in [0.2, 0.25) is 0 Å². The van der Waals surface area contributed by atoms with Crippen LogP contribution in [0.25, 0.3) is 0 Å². The second-order valence-electron chi connectivity index (χ2n) is 6.44. The van der Waals surface area contributed by atoms with Crippen molar-refractivity contribution in [3.8, 4) is 5.75 Å². The Morgan fingerprint density at radius 3 is 2.70 bits per heavy atom. The van der Waals surface area contributed by atoms with Crippen LogP contribution in [0.2, 0.25) is 0 Å². The average molecular weight is 381 g/mol. The molecule has 27 heavy (non-hydrogen) atoms. The fourth-order valence-electron chi connectivity index (χ4n) is 3.49. The molecule has 1 aliphatic heterocycles. The lowest BCUT2D eigenvalue weighted by Gasteiger charge is -2.39. The molecule has 0 aliphatic carbocycles. The first-order valence-electron chi connectivity index (χ1n) is 8.78. The predicted octanol–water partition coefficient (Wildman–Crippen LogP) is 4.44. The second kappa shape index (κ2) is 7.40. The molecule has 0 saturated heterocycles. The Balaban J connectivity index is 1.65. The van der Waals surface area contributed by atoms with Crippen molar-refractivity contribution in [2.45, 2.75) is 12.6 Å². The summed E-state index contributed by atoms with van der Waals surface area (Å²) in [6.07, 6.45) is 2.07. The normalized spacial score (nSPS) is 15.9. The van der Waals surface area contributed by atoms with Crippen LogP contribution in [0, 0.1) is 5.82 Å². The minimum Gasteiger partial charge on any atom is -0.497 e. The van der Waals surface area contributed by atoms with E-state index in [0.29, 0.717) is 5.11 Å². The fourth-order valence-corrected chi connectivity index (χ4v) is 3.81. The van der Waals surface area contributed by atoms with E-state index in [4.69, 9.17) is 17.0 Å². The lowest BCUT2D eigenvalue weighted by Crippen LogP contribution is -2.44. The van der Waals surface area contributed by atoms with Gasteiger partial charge in [-0.3, -0.25) is 0 Å². The highest BCUT2D eigenvalue weighted by atomic mass is 32.1. The zero-order valence-electron chi connectivity index (χ0n) is 14.9. The lowest BCUT2D eigenvalue weighted by molar-refractivity contribution is 0.293. The van der Waals surface area contributed by atoms with Gasteiger partial charge >= 0.3 is 0 Å². The van der Waals surface area contributed by atoms with Gasteiger partial charge in [-0.15, -0.1) is 0 Å². The second-order valence-corrected chi connectivity index (χ2v) is 6.82. The quantitative estimate of drug-likeness (QED) is 0.680. The Kier molecular flexibility index (Phi) is 4.81. The maximum absolute atomic E-state index is 13.4. The summed E-state index contributed by atoms with van der Waals surface area (Å²) in [6.45, 7) is 1.61. The number of hydrogen-bond acceptors (Lipinski definition) is 2. The number of nitrogens with zero attached hydrogens (tertiary/aromatic N) is 2. The molecule has 0 saturated carbocycles. The Hall–Kier alpha value is -2.86. The molecule has 1 aliphatic rings. The van der Waals surface area contributed by atoms with Crippen LogP contribution in [-0.4, -0.2) is 28.2 Å². The van der Waals surface area contributed by atoms with E-state index in [9.17, 15) is 4.39 Å². The monoisotopic (exact) mass is 381 g/mol. The number of benzene rings is 2. The van der Waals surface area contributed by atoms with Gasteiger partial charge in [0.05, 0.1) is 13.2 Å². The summed E-state index contributed by atoms with van der Waals surface area (Å²) in [5.74, 6) is 0.527. The molecule has 0 amide bonds. The zero-order valence-corrected chi connectivity index (χ0v) is 15.7. The highest BCUT2D eigenvalue weighted by Gasteiger charge is 2.30. The molecular weight excluding hydrogens is 361 g/mol. The first-order chi connectivity index (χ1) is 13.2. The molecule has 2 heterocycles. The molecule has 0 radical (unpaired) electrons. The first kappa shape index (κ1) is 17.5. The van der Waals surface area contributed by atoms with Gasteiger partial charge < -0.3 is 19.5 Å². The number of hydrogen-bond donors (Lipinski definition) is 1. The van der Waals surface area contributed by atoms with Crippen molar-refractivity contribution < 1.29 is 9.13 Å². The molecule has 1 N–H and O–H groups in total. The van der Waals surface area contributed by atoms with Crippen molar-refractivity contribution in [3.05, 3.63) is 83.9 Å². The molecule has 1 atom stereocenters. The van der Waals surface area contributed by atoms with Crippen molar-refractivity contribution in [2.24, 2.45) is 0 Å². The summed E-state index contributed by atoms with van der Waals surface area (Å²) in [5.41, 5.74) is 3.02. The number of fused-ring (bicyclic) bond motifs is 1. The number of halogens is 1. The van der Waals surface area contributed by atoms with E-state index in [1.807, 2.05) is 42.5 Å². The molecule has 4 nitrogen and oxygen atoms in total. The van der Waals surface area contributed by atoms with Crippen molar-refractivity contribution >= 4 is 23.0 Å². The van der Waals surface area contributed by atoms with E-state index in [0.717, 1.165) is 35.8 Å². The molecule has 0 bridgehead atoms. The van der Waals surface area contributed by atoms with Crippen LogP contribution >= 0.6 is 12.2 Å². The number of methoxy groups -OCH3 is 1. The smallest absolute Gasteiger partial charge is 0.174 e. The third-order valence-electron chi connectivity index (χ3n) is 4.81. The molecular formula is C21H20FN3OS. The third-order valence-corrected chi connectivity index (χ3v) is 5.14. The van der Waals surface area contributed by atoms with E-state index < -0.39 is 0 Å². The van der Waals surface area contributed by atoms with Gasteiger partial charge in [-0.05, 0) is 54.2 Å². The molecule has 3 aromatic rings. The number of aromatic nitrogens is 1. The van der Waals surface area contributed by atoms with Crippen molar-refractivity contribution in [1.82, 2.24) is 9.47 Å². The number of nitrogens with one attached hydrogen (secondary N) is 1. The first-order valence-corrected chi connectivity index (χ1v) is 9.19. The molecule has 138 valence electrons. The highest BCUT2D eigenvalue weighted by Crippen LogP contribution is 2.33. The van der Waals surface area contributed by atoms with Gasteiger partial charge in [-0.1, -0.05) is 18.2 Å². The van der Waals surface area contributed by atoms with E-state index in [1.165, 1.54) is 12.1 Å². The SMILES string of the molecule is COc1cccc(NC(=S)N2CCn3cccc3[C@@H]2c2ccc(F)cc2)c1. The van der Waals surface area contributed by atoms with Crippen molar-refractivity contribution in [3.63, 3.8) is 0 Å². The van der Waals surface area contributed by atoms with Crippen LogP contribution in [0.1, 0.15) is 17.3 Å². The standard InChI is InChI=1S/C21H20FN3OS/c1-26-18-5-2-4-17(14-18)23-21(27)25-13-12-24-11-3-6-19(24)20(25)15-7-9-16(22)10-8-15/h2-11,14,20H,12-13H2,1H3,(H,23,27)/t20-/m0/s1. The fraction of sp³-hybridized carbons (Fsp3) is 0.190. The van der Waals surface area contributed by atoms with Gasteiger partial charge in [0.1, 0.15) is 11.6 Å². The molecule has 0 spiro atoms. The summed E-state index contributed by atoms with van der Waals surface area (Å²) in [6, 6.07) is 18.4. The Morgan fingerprint density at radius 1 is 1.11 bits per heavy atom. The number of thiocarbonyl (C=S) groups is 1. The van der Waals surface area contributed by atoms with Gasteiger partial charge in [0.15, 0.2) is 5.11 Å². The predicted molar refractivity (Wildman–Crippen MR) is 109 cm³/mol. The van der Waals surface area contributed by atoms with E-state index in [1.54, 1.807) is 7.11 Å². The number of anilines is 1. The Labute approximate surface area is 163 Å². The highest BCUT2D eigenvalue weighted by molar-refractivity contribution is 7.80. The lowest BCUT2D eigenvalue weighted by atomic mass is 10.0. The van der Waals surface area contributed by atoms with Gasteiger partial charge in [-0.25, -0.2) is 4.39 Å². The number of rotatable bonds is 3. The molecule has 0 fully saturated rings. The number of ether oxygens (including phenoxy) is 1. The Morgan fingerprint density at radius 2 is 1.93 bits per heavy atom. The molecule has 0 unspecified atom stereocenters. The molecule has 1 aromatic heterocycles. The van der Waals surface area contributed by atoms with E-state index in [2.05, 4.69) is 27.0 Å². The molecule has 4 rings (SSSR count). The van der Waals surface area contributed by atoms with Crippen molar-refractivity contribution in [2.75, 3.05) is 19.0 Å². The van der Waals surface area contributed by atoms with E-state index in [-0.39, 0.29) is 11.9 Å². The zero-order chi connectivity index (χ0) is 18.8. The minimum absolute atomic E-state index is 0.0695. The average Bonchev–Trinajstić information content (AvgIpc) is 3.17. The van der Waals surface area contributed by atoms with Gasteiger partial charge in [-0.2, -0.15) is 0 Å². The third kappa shape index (κ3) is 3.53. The summed E-state index contributed by atoms with van der Waals surface area (Å²) >= 11 is 5.73. The van der Waals surface area contributed by atoms with Crippen LogP contribution in [0.4, 0.5) is 10.1 Å². The summed E-state index contributed by atoms with van der Waals surface area (Å²) in [7, 11) is 1.64. The minimum atomic E-state index is -0.242. The van der Waals surface area contributed by atoms with Crippen LogP contribution in [0.3, 0.4) is 0 Å². The summed E-state index contributed by atoms with van der Waals surface area (Å²) in [5, 5.41) is 3.94. The summed E-state index contributed by atoms with van der Waals surface area (Å²) in [4.78, 5) is 2.15. The van der Waals surface area contributed by atoms with Gasteiger partial charge in [0.25, 0.3) is 0 Å². The molecule has 6 heteroatoms. The van der Waals surface area contributed by atoms with Crippen LogP contribution in [0.5, 0.6) is 5.75 Å². The van der Waals surface area contributed by atoms with Gasteiger partial charge in [0, 0.05) is 36.7 Å². The maximum Gasteiger partial charge on any atom is 0.174 e. The molecule has 2 aromatic carbocycles. The van der Waals surface area contributed by atoms with E-state index >= 15 is 0 Å². The van der Waals surface area contributed by atoms with Crippen LogP contribution in [0.15, 0.2) is 66.9 Å². The maximum atomic E-state index is 13.4. The largest absolute Gasteiger partial charge is 0.497 e. The van der Waals surface area contributed by atoms with Crippen LogP contribution in [-0.2, 0) is 6.54 Å².